The Bertz CT molecular complexity index is 1170. The maximum absolute atomic E-state index is 14.7. The fraction of sp³-hybridized carbons (Fsp3) is 0.238. The third-order valence-corrected chi connectivity index (χ3v) is 5.87. The quantitative estimate of drug-likeness (QED) is 0.263. The van der Waals surface area contributed by atoms with Gasteiger partial charge in [-0.15, -0.1) is 0 Å². The standard InChI is InChI=1S/C21H12Cl2F7NO3/c22-15-6-11(5-14(17(15)23)21(28,29)30)13(20(25,26)27)7-16(32)10-1-3-12(4-2-10)19(24)8-31(9-19)18(33)34/h1-7H,8-9H2,(H,33,34)/b13-7+. The summed E-state index contributed by atoms with van der Waals surface area (Å²) in [6, 6.07) is 5.00. The molecule has 2 aromatic carbocycles. The topological polar surface area (TPSA) is 57.6 Å². The zero-order valence-corrected chi connectivity index (χ0v) is 18.1. The van der Waals surface area contributed by atoms with E-state index >= 15 is 0 Å². The van der Waals surface area contributed by atoms with Crippen LogP contribution in [0.5, 0.6) is 0 Å². The lowest BCUT2D eigenvalue weighted by atomic mass is 9.87. The highest BCUT2D eigenvalue weighted by Crippen LogP contribution is 2.43. The molecule has 1 saturated heterocycles. The number of rotatable bonds is 4. The summed E-state index contributed by atoms with van der Waals surface area (Å²) in [5.74, 6) is -1.22. The average molecular weight is 530 g/mol. The molecule has 0 aromatic heterocycles. The zero-order valence-electron chi connectivity index (χ0n) is 16.6. The number of amides is 1. The Morgan fingerprint density at radius 3 is 2.00 bits per heavy atom. The molecule has 0 atom stereocenters. The van der Waals surface area contributed by atoms with Crippen LogP contribution >= 0.6 is 23.2 Å². The van der Waals surface area contributed by atoms with E-state index in [1.54, 1.807) is 0 Å². The molecular formula is C21H12Cl2F7NO3. The third-order valence-electron chi connectivity index (χ3n) is 5.07. The van der Waals surface area contributed by atoms with E-state index in [-0.39, 0.29) is 23.3 Å². The van der Waals surface area contributed by atoms with Crippen molar-refractivity contribution >= 4 is 40.7 Å². The molecule has 4 nitrogen and oxygen atoms in total. The van der Waals surface area contributed by atoms with E-state index in [0.29, 0.717) is 6.07 Å². The predicted octanol–water partition coefficient (Wildman–Crippen LogP) is 7.00. The first-order valence-electron chi connectivity index (χ1n) is 9.20. The van der Waals surface area contributed by atoms with Gasteiger partial charge in [0.25, 0.3) is 0 Å². The maximum atomic E-state index is 14.7. The van der Waals surface area contributed by atoms with E-state index in [1.165, 1.54) is 0 Å². The van der Waals surface area contributed by atoms with Gasteiger partial charge in [-0.1, -0.05) is 47.5 Å². The van der Waals surface area contributed by atoms with Crippen LogP contribution in [0.25, 0.3) is 5.57 Å². The van der Waals surface area contributed by atoms with Gasteiger partial charge in [0.05, 0.1) is 34.3 Å². The molecule has 34 heavy (non-hydrogen) atoms. The highest BCUT2D eigenvalue weighted by atomic mass is 35.5. The zero-order chi connectivity index (χ0) is 25.6. The summed E-state index contributed by atoms with van der Waals surface area (Å²) in [4.78, 5) is 24.1. The lowest BCUT2D eigenvalue weighted by molar-refractivity contribution is -0.137. The number of ketones is 1. The molecule has 1 heterocycles. The van der Waals surface area contributed by atoms with E-state index in [9.17, 15) is 40.3 Å². The minimum atomic E-state index is -5.23. The molecule has 0 radical (unpaired) electrons. The van der Waals surface area contributed by atoms with Crippen molar-refractivity contribution in [1.29, 1.82) is 0 Å². The molecule has 3 rings (SSSR count). The smallest absolute Gasteiger partial charge is 0.417 e. The Morgan fingerprint density at radius 2 is 1.53 bits per heavy atom. The van der Waals surface area contributed by atoms with E-state index in [0.717, 1.165) is 29.2 Å². The Morgan fingerprint density at radius 1 is 0.971 bits per heavy atom. The second-order valence-electron chi connectivity index (χ2n) is 7.42. The molecule has 0 aliphatic carbocycles. The fourth-order valence-electron chi connectivity index (χ4n) is 3.30. The van der Waals surface area contributed by atoms with Gasteiger partial charge in [-0.2, -0.15) is 26.3 Å². The van der Waals surface area contributed by atoms with Gasteiger partial charge in [-0.05, 0) is 29.3 Å². The minimum Gasteiger partial charge on any atom is -0.465 e. The van der Waals surface area contributed by atoms with E-state index < -0.39 is 69.7 Å². The van der Waals surface area contributed by atoms with Crippen LogP contribution in [0.4, 0.5) is 35.5 Å². The number of benzene rings is 2. The van der Waals surface area contributed by atoms with E-state index in [1.807, 2.05) is 0 Å². The average Bonchev–Trinajstić information content (AvgIpc) is 2.69. The molecule has 1 aliphatic rings. The lowest BCUT2D eigenvalue weighted by Crippen LogP contribution is -2.58. The Hall–Kier alpha value is -2.79. The van der Waals surface area contributed by atoms with E-state index in [4.69, 9.17) is 28.3 Å². The first kappa shape index (κ1) is 25.8. The molecule has 182 valence electrons. The SMILES string of the molecule is O=C(/C=C(\c1cc(Cl)c(Cl)c(C(F)(F)F)c1)C(F)(F)F)c1ccc(C2(F)CN(C(=O)O)C2)cc1. The Balaban J connectivity index is 1.95. The number of carboxylic acid groups (broad SMARTS) is 1. The van der Waals surface area contributed by atoms with Crippen molar-refractivity contribution < 1.29 is 45.4 Å². The van der Waals surface area contributed by atoms with Gasteiger partial charge in [0.15, 0.2) is 11.5 Å². The minimum absolute atomic E-state index is 0.0147. The fourth-order valence-corrected chi connectivity index (χ4v) is 3.74. The number of carbonyl (C=O) groups excluding carboxylic acids is 1. The van der Waals surface area contributed by atoms with Gasteiger partial charge in [0.2, 0.25) is 0 Å². The number of carbonyl (C=O) groups is 2. The maximum Gasteiger partial charge on any atom is 0.417 e. The van der Waals surface area contributed by atoms with Crippen LogP contribution in [0, 0.1) is 0 Å². The number of allylic oxidation sites excluding steroid dienone is 2. The molecule has 13 heteroatoms. The number of hydrogen-bond acceptors (Lipinski definition) is 2. The van der Waals surface area contributed by atoms with Gasteiger partial charge in [0.1, 0.15) is 0 Å². The molecule has 1 N–H and O–H groups in total. The van der Waals surface area contributed by atoms with Crippen molar-refractivity contribution in [1.82, 2.24) is 4.90 Å². The summed E-state index contributed by atoms with van der Waals surface area (Å²) in [5.41, 5.74) is -6.62. The summed E-state index contributed by atoms with van der Waals surface area (Å²) < 4.78 is 95.1. The highest BCUT2D eigenvalue weighted by molar-refractivity contribution is 6.42. The molecular weight excluding hydrogens is 518 g/mol. The van der Waals surface area contributed by atoms with Gasteiger partial charge < -0.3 is 10.0 Å². The first-order chi connectivity index (χ1) is 15.5. The van der Waals surface area contributed by atoms with Gasteiger partial charge in [-0.3, -0.25) is 4.79 Å². The molecule has 1 aliphatic heterocycles. The van der Waals surface area contributed by atoms with Crippen LogP contribution in [0.3, 0.4) is 0 Å². The number of likely N-dealkylation sites (tertiary alicyclic amines) is 1. The second-order valence-corrected chi connectivity index (χ2v) is 8.20. The third kappa shape index (κ3) is 5.15. The van der Waals surface area contributed by atoms with Crippen molar-refractivity contribution in [3.8, 4) is 0 Å². The van der Waals surface area contributed by atoms with Crippen LogP contribution in [0.1, 0.15) is 27.0 Å². The number of alkyl halides is 7. The normalized spacial score (nSPS) is 16.3. The van der Waals surface area contributed by atoms with E-state index in [2.05, 4.69) is 0 Å². The van der Waals surface area contributed by atoms with Gasteiger partial charge in [0, 0.05) is 5.56 Å². The van der Waals surface area contributed by atoms with Crippen molar-refractivity contribution in [2.75, 3.05) is 13.1 Å². The van der Waals surface area contributed by atoms with Crippen molar-refractivity contribution in [2.45, 2.75) is 18.0 Å². The number of hydrogen-bond donors (Lipinski definition) is 1. The summed E-state index contributed by atoms with van der Waals surface area (Å²) in [6.45, 7) is -0.904. The lowest BCUT2D eigenvalue weighted by Gasteiger charge is -2.42. The van der Waals surface area contributed by atoms with Crippen molar-refractivity contribution in [3.63, 3.8) is 0 Å². The van der Waals surface area contributed by atoms with Crippen LogP contribution in [0.2, 0.25) is 10.0 Å². The Labute approximate surface area is 197 Å². The second kappa shape index (κ2) is 8.77. The molecule has 0 saturated carbocycles. The molecule has 1 amide bonds. The Kier molecular flexibility index (Phi) is 6.66. The van der Waals surface area contributed by atoms with Crippen LogP contribution in [0.15, 0.2) is 42.5 Å². The molecule has 1 fully saturated rings. The highest BCUT2D eigenvalue weighted by Gasteiger charge is 2.47. The van der Waals surface area contributed by atoms with Crippen molar-refractivity contribution in [2.24, 2.45) is 0 Å². The summed E-state index contributed by atoms with van der Waals surface area (Å²) in [6.07, 6.45) is -11.5. The molecule has 0 spiro atoms. The predicted molar refractivity (Wildman–Crippen MR) is 109 cm³/mol. The molecule has 2 aromatic rings. The summed E-state index contributed by atoms with van der Waals surface area (Å²) in [7, 11) is 0. The summed E-state index contributed by atoms with van der Waals surface area (Å²) in [5, 5.41) is 7.03. The number of nitrogens with zero attached hydrogens (tertiary/aromatic N) is 1. The number of halogens is 9. The van der Waals surface area contributed by atoms with Gasteiger partial charge in [-0.25, -0.2) is 9.18 Å². The monoisotopic (exact) mass is 529 g/mol. The van der Waals surface area contributed by atoms with Crippen LogP contribution in [-0.2, 0) is 11.8 Å². The molecule has 0 unspecified atom stereocenters. The largest absolute Gasteiger partial charge is 0.465 e. The van der Waals surface area contributed by atoms with Crippen molar-refractivity contribution in [3.05, 3.63) is 74.8 Å². The molecule has 0 bridgehead atoms. The van der Waals surface area contributed by atoms with Gasteiger partial charge >= 0.3 is 18.4 Å². The van der Waals surface area contributed by atoms with Crippen LogP contribution < -0.4 is 0 Å². The first-order valence-corrected chi connectivity index (χ1v) is 9.96. The summed E-state index contributed by atoms with van der Waals surface area (Å²) >= 11 is 11.1. The van der Waals surface area contributed by atoms with Crippen LogP contribution in [-0.4, -0.2) is 41.1 Å².